The molecule has 0 aromatic heterocycles. The Bertz CT molecular complexity index is 940. The summed E-state index contributed by atoms with van der Waals surface area (Å²) in [7, 11) is 1.29. The van der Waals surface area contributed by atoms with E-state index < -0.39 is 11.9 Å². The third-order valence-electron chi connectivity index (χ3n) is 3.67. The third kappa shape index (κ3) is 10.6. The van der Waals surface area contributed by atoms with Gasteiger partial charge in [0.05, 0.1) is 41.6 Å². The summed E-state index contributed by atoms with van der Waals surface area (Å²) in [6.45, 7) is 7.39. The molecule has 0 fully saturated rings. The molecule has 10 heteroatoms. The quantitative estimate of drug-likeness (QED) is 0.337. The van der Waals surface area contributed by atoms with E-state index in [9.17, 15) is 19.2 Å². The number of carbonyl (C=O) groups is 4. The molecule has 174 valence electrons. The van der Waals surface area contributed by atoms with Gasteiger partial charge in [0, 0.05) is 0 Å². The van der Waals surface area contributed by atoms with Crippen molar-refractivity contribution in [3.63, 3.8) is 0 Å². The topological polar surface area (TPSA) is 146 Å². The van der Waals surface area contributed by atoms with Gasteiger partial charge in [-0.25, -0.2) is 9.59 Å². The first-order valence-corrected chi connectivity index (χ1v) is 9.46. The first-order valence-electron chi connectivity index (χ1n) is 9.46. The largest absolute Gasteiger partial charge is 1.00 e. The van der Waals surface area contributed by atoms with Crippen molar-refractivity contribution in [1.82, 2.24) is 0 Å². The van der Waals surface area contributed by atoms with E-state index >= 15 is 0 Å². The molecule has 0 unspecified atom stereocenters. The minimum Gasteiger partial charge on any atom is -0.870 e. The van der Waals surface area contributed by atoms with Gasteiger partial charge in [0.25, 0.3) is 0 Å². The van der Waals surface area contributed by atoms with Crippen molar-refractivity contribution in [1.29, 1.82) is 0 Å². The van der Waals surface area contributed by atoms with Crippen molar-refractivity contribution in [2.75, 3.05) is 7.11 Å². The van der Waals surface area contributed by atoms with E-state index in [1.54, 1.807) is 12.1 Å². The second-order valence-electron chi connectivity index (χ2n) is 6.87. The van der Waals surface area contributed by atoms with E-state index in [-0.39, 0.29) is 58.4 Å². The number of carboxylic acid groups (broad SMARTS) is 1. The van der Waals surface area contributed by atoms with Crippen LogP contribution in [0.5, 0.6) is 11.5 Å². The van der Waals surface area contributed by atoms with Gasteiger partial charge in [0.1, 0.15) is 11.5 Å². The molecule has 2 aromatic rings. The number of carbonyl (C=O) groups excluding carboxylic acids is 3. The fraction of sp³-hybridized carbons (Fsp3) is 0.304. The Kier molecular flexibility index (Phi) is 15.7. The van der Waals surface area contributed by atoms with Crippen LogP contribution in [0.2, 0.25) is 0 Å². The van der Waals surface area contributed by atoms with Gasteiger partial charge in [-0.05, 0) is 64.1 Å². The van der Waals surface area contributed by atoms with E-state index in [0.29, 0.717) is 35.2 Å². The summed E-state index contributed by atoms with van der Waals surface area (Å²) in [5.74, 6) is -0.656. The molecule has 0 spiro atoms. The standard InChI is InChI=1S/C12H14O4.C11H12O4.Na.H2O/c1-8(2)16-11-5-4-9(12(14)15-3)6-10(11)7-13;1-7(2)15-10-4-3-8(11(13)14)5-9(10)6-12;;/h4-8H,1-3H3;3-7H,1-2H3,(H,13,14);;1H2/q;;+1;/p-1. The van der Waals surface area contributed by atoms with Gasteiger partial charge in [-0.15, -0.1) is 0 Å². The molecule has 0 aliphatic heterocycles. The Morgan fingerprint density at radius 2 is 1.21 bits per heavy atom. The van der Waals surface area contributed by atoms with Crippen LogP contribution in [0.25, 0.3) is 0 Å². The number of hydrogen-bond donors (Lipinski definition) is 1. The zero-order valence-electron chi connectivity index (χ0n) is 19.5. The molecule has 2 N–H and O–H groups in total. The molecule has 0 bridgehead atoms. The summed E-state index contributed by atoms with van der Waals surface area (Å²) in [5.41, 5.74) is 1.01. The Balaban J connectivity index is 0. The van der Waals surface area contributed by atoms with Crippen LogP contribution in [-0.2, 0) is 4.74 Å². The molecular formula is C23H27NaO9. The fourth-order valence-electron chi connectivity index (χ4n) is 2.38. The van der Waals surface area contributed by atoms with Crippen LogP contribution < -0.4 is 39.0 Å². The molecule has 33 heavy (non-hydrogen) atoms. The van der Waals surface area contributed by atoms with E-state index in [1.807, 2.05) is 27.7 Å². The molecular weight excluding hydrogens is 443 g/mol. The van der Waals surface area contributed by atoms with E-state index in [0.717, 1.165) is 0 Å². The van der Waals surface area contributed by atoms with Crippen molar-refractivity contribution in [3.8, 4) is 11.5 Å². The van der Waals surface area contributed by atoms with E-state index in [2.05, 4.69) is 4.74 Å². The van der Waals surface area contributed by atoms with Crippen LogP contribution in [0.1, 0.15) is 69.1 Å². The van der Waals surface area contributed by atoms with Crippen molar-refractivity contribution in [2.24, 2.45) is 0 Å². The molecule has 0 saturated heterocycles. The molecule has 0 heterocycles. The monoisotopic (exact) mass is 470 g/mol. The molecule has 0 saturated carbocycles. The second kappa shape index (κ2) is 16.0. The number of methoxy groups -OCH3 is 1. The van der Waals surface area contributed by atoms with Crippen molar-refractivity contribution in [3.05, 3.63) is 58.7 Å². The van der Waals surface area contributed by atoms with Crippen LogP contribution >= 0.6 is 0 Å². The third-order valence-corrected chi connectivity index (χ3v) is 3.67. The zero-order valence-corrected chi connectivity index (χ0v) is 21.5. The van der Waals surface area contributed by atoms with Crippen molar-refractivity contribution >= 4 is 24.5 Å². The van der Waals surface area contributed by atoms with E-state index in [1.165, 1.54) is 31.4 Å². The Morgan fingerprint density at radius 1 is 0.818 bits per heavy atom. The maximum absolute atomic E-state index is 11.2. The number of hydrogen-bond acceptors (Lipinski definition) is 8. The van der Waals surface area contributed by atoms with Gasteiger partial charge in [-0.1, -0.05) is 0 Å². The normalized spacial score (nSPS) is 9.42. The Hall–Kier alpha value is -2.72. The number of rotatable bonds is 8. The number of carboxylic acids is 1. The molecule has 0 amide bonds. The number of aromatic carboxylic acids is 1. The SMILES string of the molecule is CC(C)Oc1ccc(C(=O)O)cc1C=O.COC(=O)c1ccc(OC(C)C)c(C=O)c1.[Na+].[OH-]. The van der Waals surface area contributed by atoms with Gasteiger partial charge < -0.3 is 24.8 Å². The van der Waals surface area contributed by atoms with Crippen LogP contribution in [-0.4, -0.2) is 54.4 Å². The molecule has 0 radical (unpaired) electrons. The van der Waals surface area contributed by atoms with Crippen molar-refractivity contribution < 1.29 is 73.5 Å². The van der Waals surface area contributed by atoms with E-state index in [4.69, 9.17) is 14.6 Å². The maximum Gasteiger partial charge on any atom is 1.00 e. The molecule has 2 aromatic carbocycles. The van der Waals surface area contributed by atoms with Crippen LogP contribution in [0.3, 0.4) is 0 Å². The van der Waals surface area contributed by atoms with Gasteiger partial charge >= 0.3 is 41.5 Å². The number of esters is 1. The number of benzene rings is 2. The van der Waals surface area contributed by atoms with Gasteiger partial charge in [-0.2, -0.15) is 0 Å². The summed E-state index contributed by atoms with van der Waals surface area (Å²) in [4.78, 5) is 43.4. The molecule has 0 aliphatic rings. The van der Waals surface area contributed by atoms with Crippen LogP contribution in [0, 0.1) is 0 Å². The average molecular weight is 470 g/mol. The predicted octanol–water partition coefficient (Wildman–Crippen LogP) is 0.885. The van der Waals surface area contributed by atoms with Gasteiger partial charge in [-0.3, -0.25) is 9.59 Å². The smallest absolute Gasteiger partial charge is 0.870 e. The summed E-state index contributed by atoms with van der Waals surface area (Å²) < 4.78 is 15.3. The van der Waals surface area contributed by atoms with Crippen LogP contribution in [0.4, 0.5) is 0 Å². The fourth-order valence-corrected chi connectivity index (χ4v) is 2.38. The first-order chi connectivity index (χ1) is 14.6. The minimum atomic E-state index is -1.06. The molecule has 2 rings (SSSR count). The van der Waals surface area contributed by atoms with Crippen LogP contribution in [0.15, 0.2) is 36.4 Å². The summed E-state index contributed by atoms with van der Waals surface area (Å²) in [5, 5.41) is 8.72. The summed E-state index contributed by atoms with van der Waals surface area (Å²) in [6, 6.07) is 8.82. The number of aldehydes is 2. The molecule has 0 atom stereocenters. The first kappa shape index (κ1) is 32.5. The summed E-state index contributed by atoms with van der Waals surface area (Å²) >= 11 is 0. The predicted molar refractivity (Wildman–Crippen MR) is 115 cm³/mol. The molecule has 9 nitrogen and oxygen atoms in total. The maximum atomic E-state index is 11.2. The number of ether oxygens (including phenoxy) is 3. The molecule has 0 aliphatic carbocycles. The van der Waals surface area contributed by atoms with Gasteiger partial charge in [0.2, 0.25) is 0 Å². The van der Waals surface area contributed by atoms with Crippen molar-refractivity contribution in [2.45, 2.75) is 39.9 Å². The Labute approximate surface area is 214 Å². The second-order valence-corrected chi connectivity index (χ2v) is 6.87. The minimum absolute atomic E-state index is 0. The summed E-state index contributed by atoms with van der Waals surface area (Å²) in [6.07, 6.45) is 1.16. The zero-order chi connectivity index (χ0) is 23.6. The van der Waals surface area contributed by atoms with Gasteiger partial charge in [0.15, 0.2) is 12.6 Å². The Morgan fingerprint density at radius 3 is 1.55 bits per heavy atom. The average Bonchev–Trinajstić information content (AvgIpc) is 2.73.